The molecule has 0 spiro atoms. The molecule has 0 saturated carbocycles. The van der Waals surface area contributed by atoms with E-state index in [1.54, 1.807) is 0 Å². The van der Waals surface area contributed by atoms with Crippen LogP contribution in [0.3, 0.4) is 0 Å². The van der Waals surface area contributed by atoms with E-state index in [2.05, 4.69) is 114 Å². The van der Waals surface area contributed by atoms with Crippen LogP contribution in [0.1, 0.15) is 67.3 Å². The van der Waals surface area contributed by atoms with E-state index in [4.69, 9.17) is 22.6 Å². The van der Waals surface area contributed by atoms with Gasteiger partial charge >= 0.3 is 0 Å². The van der Waals surface area contributed by atoms with Crippen LogP contribution in [0.5, 0.6) is 28.7 Å². The van der Waals surface area contributed by atoms with Crippen molar-refractivity contribution in [3.63, 3.8) is 0 Å². The number of fused-ring (bicyclic) bond motifs is 2. The zero-order valence-corrected chi connectivity index (χ0v) is 29.2. The summed E-state index contributed by atoms with van der Waals surface area (Å²) in [5, 5.41) is 4.12. The maximum absolute atomic E-state index is 6.12. The minimum atomic E-state index is 0.185. The first-order valence-electron chi connectivity index (χ1n) is 12.6. The fraction of sp³-hybridized carbons (Fsp3) is 0.310. The van der Waals surface area contributed by atoms with Crippen molar-refractivity contribution in [2.24, 2.45) is 0 Å². The van der Waals surface area contributed by atoms with Crippen molar-refractivity contribution in [3.8, 4) is 39.9 Å². The van der Waals surface area contributed by atoms with Crippen LogP contribution in [0.15, 0.2) is 24.3 Å². The summed E-state index contributed by atoms with van der Waals surface area (Å²) in [7, 11) is 12.0. The van der Waals surface area contributed by atoms with E-state index < -0.39 is 0 Å². The van der Waals surface area contributed by atoms with Gasteiger partial charge in [-0.2, -0.15) is 0 Å². The monoisotopic (exact) mass is 620 g/mol. The zero-order chi connectivity index (χ0) is 28.8. The molecule has 0 radical (unpaired) electrons. The Morgan fingerprint density at radius 3 is 1.23 bits per heavy atom. The molecule has 0 fully saturated rings. The van der Waals surface area contributed by atoms with Crippen molar-refractivity contribution < 1.29 is 22.6 Å². The van der Waals surface area contributed by atoms with Crippen molar-refractivity contribution in [1.82, 2.24) is 0 Å². The standard InChI is InChI=1S/C29H37O5P5/c1-12(2)22-17-8-14(5)24(27(32-37)19(17)10-16(7)26(22)31-36)25-15(6)9-18-20(28(25)33-38)11-21(30-35)29(34-39)23(18)13(3)4/h8-13H,35-39H2,1-7H3. The Labute approximate surface area is 243 Å². The van der Waals surface area contributed by atoms with E-state index in [1.165, 1.54) is 0 Å². The second kappa shape index (κ2) is 12.2. The summed E-state index contributed by atoms with van der Waals surface area (Å²) >= 11 is 0. The molecule has 0 aliphatic carbocycles. The maximum Gasteiger partial charge on any atom is 0.168 e. The molecule has 0 saturated heterocycles. The summed E-state index contributed by atoms with van der Waals surface area (Å²) < 4.78 is 29.4. The Hall–Kier alpha value is -1.45. The molecule has 5 nitrogen and oxygen atoms in total. The fourth-order valence-electron chi connectivity index (χ4n) is 5.78. The largest absolute Gasteiger partial charge is 0.480 e. The van der Waals surface area contributed by atoms with E-state index in [9.17, 15) is 0 Å². The number of hydrogen-bond donors (Lipinski definition) is 0. The van der Waals surface area contributed by atoms with Crippen LogP contribution in [0.4, 0.5) is 0 Å². The molecular weight excluding hydrogens is 583 g/mol. The first-order chi connectivity index (χ1) is 18.6. The molecule has 5 unspecified atom stereocenters. The van der Waals surface area contributed by atoms with Crippen molar-refractivity contribution in [3.05, 3.63) is 52.1 Å². The third-order valence-corrected chi connectivity index (χ3v) is 8.52. The van der Waals surface area contributed by atoms with Gasteiger partial charge in [0.05, 0.1) is 47.3 Å². The summed E-state index contributed by atoms with van der Waals surface area (Å²) in [6, 6.07) is 8.55. The Morgan fingerprint density at radius 1 is 0.462 bits per heavy atom. The van der Waals surface area contributed by atoms with Crippen molar-refractivity contribution in [2.45, 2.75) is 60.3 Å². The van der Waals surface area contributed by atoms with Gasteiger partial charge in [-0.05, 0) is 72.2 Å². The molecule has 0 amide bonds. The van der Waals surface area contributed by atoms with Crippen molar-refractivity contribution in [2.75, 3.05) is 0 Å². The number of aryl methyl sites for hydroxylation is 3. The lowest BCUT2D eigenvalue weighted by Gasteiger charge is -2.25. The van der Waals surface area contributed by atoms with Crippen LogP contribution < -0.4 is 22.6 Å². The first-order valence-corrected chi connectivity index (χ1v) is 15.0. The third-order valence-electron chi connectivity index (χ3n) is 7.32. The molecule has 4 aromatic carbocycles. The minimum absolute atomic E-state index is 0.185. The van der Waals surface area contributed by atoms with Gasteiger partial charge in [-0.25, -0.2) is 0 Å². The summed E-state index contributed by atoms with van der Waals surface area (Å²) in [6.07, 6.45) is 0. The predicted octanol–water partition coefficient (Wildman–Crippen LogP) is 9.68. The molecule has 0 aromatic heterocycles. The zero-order valence-electron chi connectivity index (χ0n) is 23.4. The molecular formula is C29H37O5P5. The number of rotatable bonds is 8. The smallest absolute Gasteiger partial charge is 0.168 e. The van der Waals surface area contributed by atoms with Gasteiger partial charge in [0.1, 0.15) is 17.2 Å². The molecule has 5 atom stereocenters. The Balaban J connectivity index is 2.22. The summed E-state index contributed by atoms with van der Waals surface area (Å²) in [5.41, 5.74) is 7.34. The quantitative estimate of drug-likeness (QED) is 0.184. The van der Waals surface area contributed by atoms with Crippen LogP contribution in [0, 0.1) is 20.8 Å². The highest BCUT2D eigenvalue weighted by atomic mass is 31.0. The SMILES string of the molecule is Cc1cc2c(OP)c(-c3c(C)cc4c(C(C)C)c(OP)c(OP)cc4c3OP)c(C)cc2c(C(C)C)c1OP. The molecule has 4 rings (SSSR count). The molecule has 10 heteroatoms. The van der Waals surface area contributed by atoms with E-state index in [-0.39, 0.29) is 11.8 Å². The highest BCUT2D eigenvalue weighted by Crippen LogP contribution is 2.53. The summed E-state index contributed by atoms with van der Waals surface area (Å²) in [5.74, 6) is 4.14. The Bertz CT molecular complexity index is 1580. The molecule has 0 aliphatic heterocycles. The van der Waals surface area contributed by atoms with Gasteiger partial charge in [-0.15, -0.1) is 0 Å². The molecule has 0 heterocycles. The van der Waals surface area contributed by atoms with Gasteiger partial charge in [-0.3, -0.25) is 0 Å². The van der Waals surface area contributed by atoms with Crippen LogP contribution in [0.25, 0.3) is 32.7 Å². The van der Waals surface area contributed by atoms with Crippen LogP contribution in [-0.4, -0.2) is 0 Å². The van der Waals surface area contributed by atoms with Crippen LogP contribution in [0.2, 0.25) is 0 Å². The number of benzene rings is 4. The molecule has 0 bridgehead atoms. The fourth-order valence-corrected chi connectivity index (χ4v) is 7.00. The topological polar surface area (TPSA) is 46.2 Å². The van der Waals surface area contributed by atoms with Gasteiger partial charge < -0.3 is 22.6 Å². The highest BCUT2D eigenvalue weighted by molar-refractivity contribution is 7.11. The molecule has 4 aromatic rings. The van der Waals surface area contributed by atoms with Crippen molar-refractivity contribution in [1.29, 1.82) is 0 Å². The van der Waals surface area contributed by atoms with Gasteiger partial charge in [-0.1, -0.05) is 39.8 Å². The van der Waals surface area contributed by atoms with E-state index in [0.29, 0.717) is 11.5 Å². The maximum atomic E-state index is 6.12. The van der Waals surface area contributed by atoms with Gasteiger partial charge in [0, 0.05) is 33.0 Å². The van der Waals surface area contributed by atoms with E-state index in [1.807, 2.05) is 6.07 Å². The van der Waals surface area contributed by atoms with Crippen molar-refractivity contribution >= 4 is 68.9 Å². The minimum Gasteiger partial charge on any atom is -0.480 e. The lowest BCUT2D eigenvalue weighted by molar-refractivity contribution is 0.559. The Kier molecular flexibility index (Phi) is 9.54. The number of hydrogen-bond acceptors (Lipinski definition) is 5. The second-order valence-electron chi connectivity index (χ2n) is 10.4. The van der Waals surface area contributed by atoms with Crippen LogP contribution >= 0.6 is 47.3 Å². The summed E-state index contributed by atoms with van der Waals surface area (Å²) in [6.45, 7) is 15.0. The van der Waals surface area contributed by atoms with E-state index >= 15 is 0 Å². The molecule has 208 valence electrons. The second-order valence-corrected chi connectivity index (χ2v) is 11.6. The first kappa shape index (κ1) is 30.5. The predicted molar refractivity (Wildman–Crippen MR) is 181 cm³/mol. The lowest BCUT2D eigenvalue weighted by Crippen LogP contribution is -2.01. The van der Waals surface area contributed by atoms with Gasteiger partial charge in [0.25, 0.3) is 0 Å². The van der Waals surface area contributed by atoms with E-state index in [0.717, 1.165) is 77.7 Å². The van der Waals surface area contributed by atoms with Gasteiger partial charge in [0.15, 0.2) is 11.5 Å². The molecule has 0 aliphatic rings. The third kappa shape index (κ3) is 5.09. The average molecular weight is 620 g/mol. The normalized spacial score (nSPS) is 11.5. The highest BCUT2D eigenvalue weighted by Gasteiger charge is 2.27. The van der Waals surface area contributed by atoms with Gasteiger partial charge in [0.2, 0.25) is 0 Å². The molecule has 39 heavy (non-hydrogen) atoms. The van der Waals surface area contributed by atoms with Crippen LogP contribution in [-0.2, 0) is 0 Å². The average Bonchev–Trinajstić information content (AvgIpc) is 2.90. The lowest BCUT2D eigenvalue weighted by atomic mass is 9.85. The molecule has 0 N–H and O–H groups in total. The summed E-state index contributed by atoms with van der Waals surface area (Å²) in [4.78, 5) is 0. The Morgan fingerprint density at radius 2 is 0.846 bits per heavy atom.